The number of carbonyl (C=O) groups is 1. The maximum absolute atomic E-state index is 11.9. The molecule has 1 atom stereocenters. The van der Waals surface area contributed by atoms with Crippen molar-refractivity contribution in [1.29, 1.82) is 0 Å². The second kappa shape index (κ2) is 9.33. The zero-order valence-electron chi connectivity index (χ0n) is 8.13. The van der Waals surface area contributed by atoms with Crippen LogP contribution in [0.2, 0.25) is 0 Å². The third kappa shape index (κ3) is 8.37. The maximum Gasteiger partial charge on any atom is 0.253 e. The van der Waals surface area contributed by atoms with Crippen LogP contribution in [0.5, 0.6) is 0 Å². The topological polar surface area (TPSA) is 55.1 Å². The summed E-state index contributed by atoms with van der Waals surface area (Å²) in [5, 5.41) is 2.59. The molecule has 0 aromatic heterocycles. The lowest BCUT2D eigenvalue weighted by molar-refractivity contribution is -0.121. The Hall–Kier alpha value is -0.230. The van der Waals surface area contributed by atoms with Crippen molar-refractivity contribution in [3.05, 3.63) is 0 Å². The second-order valence-corrected chi connectivity index (χ2v) is 2.89. The third-order valence-corrected chi connectivity index (χ3v) is 1.60. The number of amides is 1. The number of nitrogens with two attached hydrogens (primary N) is 1. The first-order chi connectivity index (χ1) is 6.07. The molecule has 6 heteroatoms. The minimum atomic E-state index is -2.54. The standard InChI is InChI=1S/C8H16F2N2O.BrH/c1-2-5-12-7(13)4-3-6(11)8(9)10;/h6,8H,2-5,11H2,1H3,(H,12,13);1H. The van der Waals surface area contributed by atoms with E-state index in [1.165, 1.54) is 0 Å². The molecule has 0 bridgehead atoms. The molecule has 86 valence electrons. The van der Waals surface area contributed by atoms with Crippen LogP contribution in [0.25, 0.3) is 0 Å². The molecule has 3 nitrogen and oxygen atoms in total. The van der Waals surface area contributed by atoms with Crippen LogP contribution in [0.4, 0.5) is 8.78 Å². The summed E-state index contributed by atoms with van der Waals surface area (Å²) in [4.78, 5) is 10.9. The molecule has 0 rings (SSSR count). The van der Waals surface area contributed by atoms with Gasteiger partial charge in [0.15, 0.2) is 0 Å². The van der Waals surface area contributed by atoms with Gasteiger partial charge in [0.05, 0.1) is 6.04 Å². The predicted molar refractivity (Wildman–Crippen MR) is 56.8 cm³/mol. The van der Waals surface area contributed by atoms with Gasteiger partial charge in [-0.25, -0.2) is 8.78 Å². The Morgan fingerprint density at radius 3 is 2.50 bits per heavy atom. The number of rotatable bonds is 6. The fourth-order valence-electron chi connectivity index (χ4n) is 0.777. The van der Waals surface area contributed by atoms with Gasteiger partial charge in [-0.15, -0.1) is 17.0 Å². The Morgan fingerprint density at radius 2 is 2.07 bits per heavy atom. The van der Waals surface area contributed by atoms with Crippen LogP contribution >= 0.6 is 17.0 Å². The minimum Gasteiger partial charge on any atom is -0.356 e. The molecule has 0 saturated carbocycles. The lowest BCUT2D eigenvalue weighted by Crippen LogP contribution is -2.31. The fraction of sp³-hybridized carbons (Fsp3) is 0.875. The molecule has 1 unspecified atom stereocenters. The van der Waals surface area contributed by atoms with Crippen LogP contribution < -0.4 is 11.1 Å². The van der Waals surface area contributed by atoms with Crippen molar-refractivity contribution in [1.82, 2.24) is 5.32 Å². The average molecular weight is 275 g/mol. The molecular weight excluding hydrogens is 258 g/mol. The van der Waals surface area contributed by atoms with Crippen molar-refractivity contribution in [2.75, 3.05) is 6.54 Å². The lowest BCUT2D eigenvalue weighted by atomic mass is 10.1. The van der Waals surface area contributed by atoms with E-state index in [1.54, 1.807) is 0 Å². The molecule has 0 radical (unpaired) electrons. The van der Waals surface area contributed by atoms with Crippen molar-refractivity contribution in [2.24, 2.45) is 5.73 Å². The van der Waals surface area contributed by atoms with E-state index in [1.807, 2.05) is 6.92 Å². The predicted octanol–water partition coefficient (Wildman–Crippen LogP) is 1.46. The second-order valence-electron chi connectivity index (χ2n) is 2.89. The fourth-order valence-corrected chi connectivity index (χ4v) is 0.777. The Bertz CT molecular complexity index is 158. The first-order valence-electron chi connectivity index (χ1n) is 4.38. The van der Waals surface area contributed by atoms with Crippen LogP contribution in [-0.4, -0.2) is 24.9 Å². The molecular formula is C8H17BrF2N2O. The minimum absolute atomic E-state index is 0. The lowest BCUT2D eigenvalue weighted by Gasteiger charge is -2.09. The summed E-state index contributed by atoms with van der Waals surface area (Å²) < 4.78 is 23.7. The normalized spacial score (nSPS) is 12.1. The molecule has 0 aliphatic rings. The smallest absolute Gasteiger partial charge is 0.253 e. The zero-order chi connectivity index (χ0) is 10.3. The summed E-state index contributed by atoms with van der Waals surface area (Å²) in [5.74, 6) is -0.210. The Morgan fingerprint density at radius 1 is 1.50 bits per heavy atom. The van der Waals surface area contributed by atoms with Crippen molar-refractivity contribution in [3.63, 3.8) is 0 Å². The number of carbonyl (C=O) groups excluding carboxylic acids is 1. The van der Waals surface area contributed by atoms with E-state index in [0.717, 1.165) is 6.42 Å². The van der Waals surface area contributed by atoms with Gasteiger partial charge in [-0.3, -0.25) is 4.79 Å². The number of hydrogen-bond acceptors (Lipinski definition) is 2. The van der Waals surface area contributed by atoms with Gasteiger partial charge in [-0.1, -0.05) is 6.92 Å². The first kappa shape index (κ1) is 16.2. The van der Waals surface area contributed by atoms with Gasteiger partial charge in [0.25, 0.3) is 6.43 Å². The molecule has 0 spiro atoms. The highest BCUT2D eigenvalue weighted by molar-refractivity contribution is 8.93. The Labute approximate surface area is 93.2 Å². The third-order valence-electron chi connectivity index (χ3n) is 1.60. The molecule has 0 aliphatic carbocycles. The summed E-state index contributed by atoms with van der Waals surface area (Å²) in [6, 6.07) is -1.19. The SMILES string of the molecule is Br.CCCNC(=O)CCC(N)C(F)F. The van der Waals surface area contributed by atoms with Crippen LogP contribution in [-0.2, 0) is 4.79 Å². The van der Waals surface area contributed by atoms with Gasteiger partial charge in [0, 0.05) is 13.0 Å². The summed E-state index contributed by atoms with van der Waals surface area (Å²) in [6.45, 7) is 2.51. The molecule has 0 aromatic carbocycles. The van der Waals surface area contributed by atoms with Crippen molar-refractivity contribution >= 4 is 22.9 Å². The summed E-state index contributed by atoms with van der Waals surface area (Å²) in [7, 11) is 0. The highest BCUT2D eigenvalue weighted by Crippen LogP contribution is 2.04. The zero-order valence-corrected chi connectivity index (χ0v) is 9.85. The molecule has 0 heterocycles. The van der Waals surface area contributed by atoms with Gasteiger partial charge in [-0.05, 0) is 12.8 Å². The molecule has 0 saturated heterocycles. The number of halogens is 3. The largest absolute Gasteiger partial charge is 0.356 e. The highest BCUT2D eigenvalue weighted by atomic mass is 79.9. The monoisotopic (exact) mass is 274 g/mol. The van der Waals surface area contributed by atoms with E-state index in [-0.39, 0.29) is 35.7 Å². The Kier molecular flexibility index (Phi) is 10.8. The van der Waals surface area contributed by atoms with Crippen molar-refractivity contribution in [2.45, 2.75) is 38.7 Å². The molecule has 0 fully saturated rings. The van der Waals surface area contributed by atoms with Gasteiger partial charge >= 0.3 is 0 Å². The highest BCUT2D eigenvalue weighted by Gasteiger charge is 2.15. The van der Waals surface area contributed by atoms with E-state index in [9.17, 15) is 13.6 Å². The Balaban J connectivity index is 0. The van der Waals surface area contributed by atoms with E-state index in [0.29, 0.717) is 6.54 Å². The molecule has 14 heavy (non-hydrogen) atoms. The van der Waals surface area contributed by atoms with Crippen molar-refractivity contribution in [3.8, 4) is 0 Å². The van der Waals surface area contributed by atoms with Crippen LogP contribution in [0, 0.1) is 0 Å². The molecule has 0 aromatic rings. The number of nitrogens with one attached hydrogen (secondary N) is 1. The molecule has 3 N–H and O–H groups in total. The van der Waals surface area contributed by atoms with Gasteiger partial charge in [0.2, 0.25) is 5.91 Å². The molecule has 0 aliphatic heterocycles. The van der Waals surface area contributed by atoms with Crippen LogP contribution in [0.1, 0.15) is 26.2 Å². The summed E-state index contributed by atoms with van der Waals surface area (Å²) in [5.41, 5.74) is 5.06. The van der Waals surface area contributed by atoms with E-state index in [4.69, 9.17) is 5.73 Å². The van der Waals surface area contributed by atoms with Gasteiger partial charge < -0.3 is 11.1 Å². The summed E-state index contributed by atoms with van der Waals surface area (Å²) >= 11 is 0. The van der Waals surface area contributed by atoms with E-state index in [2.05, 4.69) is 5.32 Å². The average Bonchev–Trinajstić information content (AvgIpc) is 2.10. The van der Waals surface area contributed by atoms with Gasteiger partial charge in [-0.2, -0.15) is 0 Å². The first-order valence-corrected chi connectivity index (χ1v) is 4.38. The van der Waals surface area contributed by atoms with E-state index >= 15 is 0 Å². The van der Waals surface area contributed by atoms with Crippen LogP contribution in [0.3, 0.4) is 0 Å². The van der Waals surface area contributed by atoms with E-state index < -0.39 is 12.5 Å². The van der Waals surface area contributed by atoms with Crippen LogP contribution in [0.15, 0.2) is 0 Å². The maximum atomic E-state index is 11.9. The summed E-state index contributed by atoms with van der Waals surface area (Å²) in [6.07, 6.45) is -1.59. The molecule has 1 amide bonds. The van der Waals surface area contributed by atoms with Gasteiger partial charge in [0.1, 0.15) is 0 Å². The quantitative estimate of drug-likeness (QED) is 0.771. The number of hydrogen-bond donors (Lipinski definition) is 2. The van der Waals surface area contributed by atoms with Crippen molar-refractivity contribution < 1.29 is 13.6 Å². The number of alkyl halides is 2.